The van der Waals surface area contributed by atoms with Crippen LogP contribution in [0.3, 0.4) is 0 Å². The summed E-state index contributed by atoms with van der Waals surface area (Å²) in [7, 11) is 0. The predicted octanol–water partition coefficient (Wildman–Crippen LogP) is 4.75. The number of halogens is 1. The number of aryl methyl sites for hydroxylation is 2. The lowest BCUT2D eigenvalue weighted by Crippen LogP contribution is -2.32. The van der Waals surface area contributed by atoms with Gasteiger partial charge in [0.15, 0.2) is 6.10 Å². The van der Waals surface area contributed by atoms with E-state index in [1.54, 1.807) is 24.3 Å². The summed E-state index contributed by atoms with van der Waals surface area (Å²) < 4.78 is 5.74. The van der Waals surface area contributed by atoms with Crippen LogP contribution in [0.25, 0.3) is 0 Å². The Morgan fingerprint density at radius 3 is 2.45 bits per heavy atom. The zero-order valence-corrected chi connectivity index (χ0v) is 13.8. The summed E-state index contributed by atoms with van der Waals surface area (Å²) >= 11 is 5.94. The standard InChI is InChI=1S/C18H20ClNO2/c1-4-17(22-16-7-5-6-14(19)11-16)18(21)20-15-9-12(2)8-13(3)10-15/h5-11,17H,4H2,1-3H3,(H,20,21). The van der Waals surface area contributed by atoms with E-state index in [-0.39, 0.29) is 5.91 Å². The molecule has 1 amide bonds. The summed E-state index contributed by atoms with van der Waals surface area (Å²) in [5, 5.41) is 3.50. The molecule has 1 unspecified atom stereocenters. The van der Waals surface area contributed by atoms with Crippen molar-refractivity contribution in [3.63, 3.8) is 0 Å². The maximum absolute atomic E-state index is 12.4. The summed E-state index contributed by atoms with van der Waals surface area (Å²) in [6, 6.07) is 13.0. The van der Waals surface area contributed by atoms with Crippen molar-refractivity contribution in [3.8, 4) is 5.75 Å². The summed E-state index contributed by atoms with van der Waals surface area (Å²) in [5.74, 6) is 0.433. The second-order valence-electron chi connectivity index (χ2n) is 5.34. The van der Waals surface area contributed by atoms with Crippen LogP contribution >= 0.6 is 11.6 Å². The second-order valence-corrected chi connectivity index (χ2v) is 5.77. The first-order valence-corrected chi connectivity index (χ1v) is 7.67. The highest BCUT2D eigenvalue weighted by atomic mass is 35.5. The Morgan fingerprint density at radius 1 is 1.18 bits per heavy atom. The van der Waals surface area contributed by atoms with Gasteiger partial charge in [0.25, 0.3) is 5.91 Å². The molecule has 116 valence electrons. The van der Waals surface area contributed by atoms with Crippen molar-refractivity contribution in [1.82, 2.24) is 0 Å². The van der Waals surface area contributed by atoms with Crippen LogP contribution in [0.2, 0.25) is 5.02 Å². The van der Waals surface area contributed by atoms with E-state index in [4.69, 9.17) is 16.3 Å². The van der Waals surface area contributed by atoms with Gasteiger partial charge in [-0.2, -0.15) is 0 Å². The number of benzene rings is 2. The number of nitrogens with one attached hydrogen (secondary N) is 1. The zero-order chi connectivity index (χ0) is 16.1. The van der Waals surface area contributed by atoms with E-state index < -0.39 is 6.10 Å². The molecule has 2 rings (SSSR count). The van der Waals surface area contributed by atoms with Gasteiger partial charge in [0.2, 0.25) is 0 Å². The minimum atomic E-state index is -0.556. The van der Waals surface area contributed by atoms with Gasteiger partial charge < -0.3 is 10.1 Å². The molecule has 0 aliphatic heterocycles. The first kappa shape index (κ1) is 16.4. The number of carbonyl (C=O) groups is 1. The first-order chi connectivity index (χ1) is 10.5. The van der Waals surface area contributed by atoms with Crippen LogP contribution in [-0.4, -0.2) is 12.0 Å². The monoisotopic (exact) mass is 317 g/mol. The normalized spacial score (nSPS) is 11.8. The molecule has 0 aliphatic carbocycles. The Kier molecular flexibility index (Phi) is 5.45. The van der Waals surface area contributed by atoms with Crippen molar-refractivity contribution in [2.45, 2.75) is 33.3 Å². The van der Waals surface area contributed by atoms with Gasteiger partial charge in [-0.15, -0.1) is 0 Å². The third-order valence-corrected chi connectivity index (χ3v) is 3.46. The summed E-state index contributed by atoms with van der Waals surface area (Å²) in [5.41, 5.74) is 3.01. The highest BCUT2D eigenvalue weighted by molar-refractivity contribution is 6.30. The van der Waals surface area contributed by atoms with Crippen LogP contribution in [0.15, 0.2) is 42.5 Å². The minimum absolute atomic E-state index is 0.160. The van der Waals surface area contributed by atoms with Crippen molar-refractivity contribution in [2.24, 2.45) is 0 Å². The molecule has 3 nitrogen and oxygen atoms in total. The van der Waals surface area contributed by atoms with E-state index in [2.05, 4.69) is 11.4 Å². The smallest absolute Gasteiger partial charge is 0.265 e. The Labute approximate surface area is 136 Å². The van der Waals surface area contributed by atoms with Crippen molar-refractivity contribution in [1.29, 1.82) is 0 Å². The highest BCUT2D eigenvalue weighted by Gasteiger charge is 2.18. The molecular formula is C18H20ClNO2. The average Bonchev–Trinajstić information content (AvgIpc) is 2.43. The summed E-state index contributed by atoms with van der Waals surface area (Å²) in [4.78, 5) is 12.4. The van der Waals surface area contributed by atoms with Gasteiger partial charge in [-0.3, -0.25) is 4.79 Å². The molecule has 2 aromatic carbocycles. The molecule has 1 N–H and O–H groups in total. The van der Waals surface area contributed by atoms with Crippen LogP contribution in [0.1, 0.15) is 24.5 Å². The predicted molar refractivity (Wildman–Crippen MR) is 90.7 cm³/mol. The number of hydrogen-bond donors (Lipinski definition) is 1. The molecule has 22 heavy (non-hydrogen) atoms. The van der Waals surface area contributed by atoms with Crippen LogP contribution in [0.4, 0.5) is 5.69 Å². The first-order valence-electron chi connectivity index (χ1n) is 7.29. The van der Waals surface area contributed by atoms with Gasteiger partial charge in [0.1, 0.15) is 5.75 Å². The average molecular weight is 318 g/mol. The molecule has 0 fully saturated rings. The van der Waals surface area contributed by atoms with Crippen molar-refractivity contribution >= 4 is 23.2 Å². The molecule has 0 saturated heterocycles. The van der Waals surface area contributed by atoms with Gasteiger partial charge in [-0.1, -0.05) is 30.7 Å². The van der Waals surface area contributed by atoms with E-state index in [9.17, 15) is 4.79 Å². The molecule has 2 aromatic rings. The number of rotatable bonds is 5. The molecule has 0 heterocycles. The Morgan fingerprint density at radius 2 is 1.86 bits per heavy atom. The maximum Gasteiger partial charge on any atom is 0.265 e. The molecule has 4 heteroatoms. The van der Waals surface area contributed by atoms with Crippen molar-refractivity contribution in [3.05, 3.63) is 58.6 Å². The van der Waals surface area contributed by atoms with Gasteiger partial charge in [-0.25, -0.2) is 0 Å². The third kappa shape index (κ3) is 4.50. The SMILES string of the molecule is CCC(Oc1cccc(Cl)c1)C(=O)Nc1cc(C)cc(C)c1. The number of ether oxygens (including phenoxy) is 1. The molecule has 0 aromatic heterocycles. The van der Waals surface area contributed by atoms with E-state index >= 15 is 0 Å². The van der Waals surface area contributed by atoms with Crippen LogP contribution in [0, 0.1) is 13.8 Å². The Bertz CT molecular complexity index is 650. The minimum Gasteiger partial charge on any atom is -0.481 e. The number of anilines is 1. The van der Waals surface area contributed by atoms with E-state index in [0.29, 0.717) is 17.2 Å². The second kappa shape index (κ2) is 7.32. The van der Waals surface area contributed by atoms with Crippen LogP contribution < -0.4 is 10.1 Å². The molecule has 0 saturated carbocycles. The Balaban J connectivity index is 2.08. The fourth-order valence-corrected chi connectivity index (χ4v) is 2.48. The van der Waals surface area contributed by atoms with Crippen molar-refractivity contribution < 1.29 is 9.53 Å². The fraction of sp³-hybridized carbons (Fsp3) is 0.278. The molecule has 0 radical (unpaired) electrons. The molecule has 0 bridgehead atoms. The van der Waals surface area contributed by atoms with Crippen LogP contribution in [0.5, 0.6) is 5.75 Å². The Hall–Kier alpha value is -2.00. The number of amides is 1. The lowest BCUT2D eigenvalue weighted by atomic mass is 10.1. The molecule has 1 atom stereocenters. The highest BCUT2D eigenvalue weighted by Crippen LogP contribution is 2.20. The van der Waals surface area contributed by atoms with Crippen LogP contribution in [-0.2, 0) is 4.79 Å². The van der Waals surface area contributed by atoms with E-state index in [1.165, 1.54) is 0 Å². The topological polar surface area (TPSA) is 38.3 Å². The number of carbonyl (C=O) groups excluding carboxylic acids is 1. The lowest BCUT2D eigenvalue weighted by Gasteiger charge is -2.18. The van der Waals surface area contributed by atoms with E-state index in [1.807, 2.05) is 32.9 Å². The molecule has 0 aliphatic rings. The number of hydrogen-bond acceptors (Lipinski definition) is 2. The fourth-order valence-electron chi connectivity index (χ4n) is 2.30. The van der Waals surface area contributed by atoms with Gasteiger partial charge >= 0.3 is 0 Å². The third-order valence-electron chi connectivity index (χ3n) is 3.23. The molecule has 0 spiro atoms. The van der Waals surface area contributed by atoms with E-state index in [0.717, 1.165) is 16.8 Å². The van der Waals surface area contributed by atoms with Gasteiger partial charge in [-0.05, 0) is 61.7 Å². The zero-order valence-electron chi connectivity index (χ0n) is 13.0. The maximum atomic E-state index is 12.4. The lowest BCUT2D eigenvalue weighted by molar-refractivity contribution is -0.122. The molecular weight excluding hydrogens is 298 g/mol. The summed E-state index contributed by atoms with van der Waals surface area (Å²) in [6.45, 7) is 5.92. The van der Waals surface area contributed by atoms with Gasteiger partial charge in [0, 0.05) is 10.7 Å². The quantitative estimate of drug-likeness (QED) is 0.864. The largest absolute Gasteiger partial charge is 0.481 e. The summed E-state index contributed by atoms with van der Waals surface area (Å²) in [6.07, 6.45) is 0.0163. The van der Waals surface area contributed by atoms with Gasteiger partial charge in [0.05, 0.1) is 0 Å². The van der Waals surface area contributed by atoms with Crippen molar-refractivity contribution in [2.75, 3.05) is 5.32 Å².